The first-order valence-electron chi connectivity index (χ1n) is 8.39. The standard InChI is InChI=1S/C21H15BrN2O5/c22-15-7-3-13(4-8-15)19(25)24-18(12-17-2-1-11-29-17)20(26)23-16-9-5-14(6-10-16)21(27)28/h1-12H,(H,23,26)(H,24,25)(H,27,28)/b18-12-. The maximum atomic E-state index is 12.7. The summed E-state index contributed by atoms with van der Waals surface area (Å²) in [6, 6.07) is 15.6. The first kappa shape index (κ1) is 20.1. The number of halogens is 1. The summed E-state index contributed by atoms with van der Waals surface area (Å²) in [7, 11) is 0. The number of benzene rings is 2. The number of anilines is 1. The molecular weight excluding hydrogens is 440 g/mol. The van der Waals surface area contributed by atoms with E-state index < -0.39 is 17.8 Å². The van der Waals surface area contributed by atoms with Crippen LogP contribution in [0.4, 0.5) is 5.69 Å². The number of aromatic carboxylic acids is 1. The summed E-state index contributed by atoms with van der Waals surface area (Å²) in [6.07, 6.45) is 2.85. The minimum Gasteiger partial charge on any atom is -0.478 e. The summed E-state index contributed by atoms with van der Waals surface area (Å²) >= 11 is 3.30. The van der Waals surface area contributed by atoms with Gasteiger partial charge in [-0.3, -0.25) is 9.59 Å². The van der Waals surface area contributed by atoms with Gasteiger partial charge in [0, 0.05) is 21.8 Å². The van der Waals surface area contributed by atoms with E-state index in [1.807, 2.05) is 0 Å². The molecule has 1 heterocycles. The highest BCUT2D eigenvalue weighted by atomic mass is 79.9. The van der Waals surface area contributed by atoms with E-state index in [9.17, 15) is 14.4 Å². The summed E-state index contributed by atoms with van der Waals surface area (Å²) in [6.45, 7) is 0. The largest absolute Gasteiger partial charge is 0.478 e. The number of carbonyl (C=O) groups excluding carboxylic acids is 2. The predicted octanol–water partition coefficient (Wildman–Crippen LogP) is 4.15. The van der Waals surface area contributed by atoms with E-state index in [2.05, 4.69) is 26.6 Å². The van der Waals surface area contributed by atoms with Gasteiger partial charge in [0.1, 0.15) is 11.5 Å². The molecule has 0 radical (unpaired) electrons. The topological polar surface area (TPSA) is 109 Å². The molecule has 3 rings (SSSR count). The molecule has 2 aromatic carbocycles. The lowest BCUT2D eigenvalue weighted by atomic mass is 10.2. The molecule has 0 aliphatic rings. The quantitative estimate of drug-likeness (QED) is 0.484. The van der Waals surface area contributed by atoms with Crippen LogP contribution in [0, 0.1) is 0 Å². The molecule has 0 unspecified atom stereocenters. The van der Waals surface area contributed by atoms with Crippen molar-refractivity contribution in [1.29, 1.82) is 0 Å². The van der Waals surface area contributed by atoms with Gasteiger partial charge in [0.25, 0.3) is 11.8 Å². The summed E-state index contributed by atoms with van der Waals surface area (Å²) in [5, 5.41) is 14.2. The first-order chi connectivity index (χ1) is 13.9. The van der Waals surface area contributed by atoms with Gasteiger partial charge in [0.15, 0.2) is 0 Å². The van der Waals surface area contributed by atoms with Gasteiger partial charge in [-0.2, -0.15) is 0 Å². The number of carboxylic acid groups (broad SMARTS) is 1. The summed E-state index contributed by atoms with van der Waals surface area (Å²) in [4.78, 5) is 36.2. The fraction of sp³-hybridized carbons (Fsp3) is 0. The number of hydrogen-bond acceptors (Lipinski definition) is 4. The SMILES string of the molecule is O=C(Nc1ccc(C(=O)O)cc1)/C(=C/c1ccco1)NC(=O)c1ccc(Br)cc1. The monoisotopic (exact) mass is 454 g/mol. The number of carboxylic acids is 1. The van der Waals surface area contributed by atoms with Crippen LogP contribution in [0.5, 0.6) is 0 Å². The van der Waals surface area contributed by atoms with Crippen LogP contribution in [0.1, 0.15) is 26.5 Å². The van der Waals surface area contributed by atoms with E-state index in [4.69, 9.17) is 9.52 Å². The van der Waals surface area contributed by atoms with Gasteiger partial charge in [0.05, 0.1) is 11.8 Å². The molecule has 0 aliphatic heterocycles. The fourth-order valence-corrected chi connectivity index (χ4v) is 2.63. The lowest BCUT2D eigenvalue weighted by Crippen LogP contribution is -2.30. The number of rotatable bonds is 6. The lowest BCUT2D eigenvalue weighted by Gasteiger charge is -2.11. The highest BCUT2D eigenvalue weighted by Crippen LogP contribution is 2.14. The molecule has 146 valence electrons. The average Bonchev–Trinajstić information content (AvgIpc) is 3.21. The van der Waals surface area contributed by atoms with Crippen LogP contribution in [0.2, 0.25) is 0 Å². The molecule has 0 bridgehead atoms. The van der Waals surface area contributed by atoms with Gasteiger partial charge in [-0.05, 0) is 60.7 Å². The van der Waals surface area contributed by atoms with Gasteiger partial charge in [-0.25, -0.2) is 4.79 Å². The van der Waals surface area contributed by atoms with E-state index in [1.165, 1.54) is 36.6 Å². The zero-order chi connectivity index (χ0) is 20.8. The number of hydrogen-bond donors (Lipinski definition) is 3. The van der Waals surface area contributed by atoms with Gasteiger partial charge >= 0.3 is 5.97 Å². The molecule has 8 heteroatoms. The Bertz CT molecular complexity index is 1060. The van der Waals surface area contributed by atoms with E-state index in [-0.39, 0.29) is 11.3 Å². The minimum atomic E-state index is -1.07. The van der Waals surface area contributed by atoms with Gasteiger partial charge in [-0.1, -0.05) is 15.9 Å². The third kappa shape index (κ3) is 5.43. The van der Waals surface area contributed by atoms with Crippen LogP contribution in [0.25, 0.3) is 6.08 Å². The van der Waals surface area contributed by atoms with Crippen molar-refractivity contribution in [3.05, 3.63) is 94.0 Å². The zero-order valence-corrected chi connectivity index (χ0v) is 16.5. The van der Waals surface area contributed by atoms with Crippen LogP contribution in [-0.2, 0) is 4.79 Å². The Labute approximate surface area is 174 Å². The average molecular weight is 455 g/mol. The predicted molar refractivity (Wildman–Crippen MR) is 110 cm³/mol. The highest BCUT2D eigenvalue weighted by Gasteiger charge is 2.16. The summed E-state index contributed by atoms with van der Waals surface area (Å²) in [5.74, 6) is -1.74. The molecule has 0 atom stereocenters. The second-order valence-corrected chi connectivity index (χ2v) is 6.79. The Morgan fingerprint density at radius 2 is 1.59 bits per heavy atom. The fourth-order valence-electron chi connectivity index (χ4n) is 2.36. The molecule has 2 amide bonds. The zero-order valence-electron chi connectivity index (χ0n) is 14.9. The van der Waals surface area contributed by atoms with Crippen molar-refractivity contribution in [1.82, 2.24) is 5.32 Å². The van der Waals surface area contributed by atoms with Crippen molar-refractivity contribution in [3.63, 3.8) is 0 Å². The second-order valence-electron chi connectivity index (χ2n) is 5.87. The van der Waals surface area contributed by atoms with Crippen LogP contribution in [-0.4, -0.2) is 22.9 Å². The molecule has 1 aromatic heterocycles. The maximum absolute atomic E-state index is 12.7. The molecule has 3 aromatic rings. The molecule has 0 spiro atoms. The van der Waals surface area contributed by atoms with E-state index in [0.29, 0.717) is 17.0 Å². The smallest absolute Gasteiger partial charge is 0.335 e. The van der Waals surface area contributed by atoms with Crippen molar-refractivity contribution < 1.29 is 23.9 Å². The van der Waals surface area contributed by atoms with Crippen LogP contribution in [0.3, 0.4) is 0 Å². The van der Waals surface area contributed by atoms with Gasteiger partial charge in [-0.15, -0.1) is 0 Å². The maximum Gasteiger partial charge on any atom is 0.335 e. The summed E-state index contributed by atoms with van der Waals surface area (Å²) < 4.78 is 6.05. The van der Waals surface area contributed by atoms with Crippen molar-refractivity contribution in [3.8, 4) is 0 Å². The Hall–Kier alpha value is -3.65. The van der Waals surface area contributed by atoms with Crippen molar-refractivity contribution >= 4 is 45.5 Å². The molecule has 0 saturated heterocycles. The Morgan fingerprint density at radius 1 is 0.931 bits per heavy atom. The normalized spacial score (nSPS) is 11.0. The number of nitrogens with one attached hydrogen (secondary N) is 2. The minimum absolute atomic E-state index is 0.0322. The molecular formula is C21H15BrN2O5. The van der Waals surface area contributed by atoms with E-state index >= 15 is 0 Å². The Kier molecular flexibility index (Phi) is 6.25. The first-order valence-corrected chi connectivity index (χ1v) is 9.18. The van der Waals surface area contributed by atoms with Crippen molar-refractivity contribution in [2.75, 3.05) is 5.32 Å². The van der Waals surface area contributed by atoms with Crippen LogP contribution in [0.15, 0.2) is 81.5 Å². The third-order valence-electron chi connectivity index (χ3n) is 3.82. The number of furan rings is 1. The molecule has 0 fully saturated rings. The van der Waals surface area contributed by atoms with Crippen molar-refractivity contribution in [2.45, 2.75) is 0 Å². The third-order valence-corrected chi connectivity index (χ3v) is 4.35. The number of carbonyl (C=O) groups is 3. The van der Waals surface area contributed by atoms with Crippen molar-refractivity contribution in [2.24, 2.45) is 0 Å². The molecule has 0 aliphatic carbocycles. The molecule has 3 N–H and O–H groups in total. The number of amides is 2. The Morgan fingerprint density at radius 3 is 2.17 bits per heavy atom. The van der Waals surface area contributed by atoms with Gasteiger partial charge < -0.3 is 20.2 Å². The summed E-state index contributed by atoms with van der Waals surface area (Å²) in [5.41, 5.74) is 0.813. The van der Waals surface area contributed by atoms with E-state index in [0.717, 1.165) is 4.47 Å². The lowest BCUT2D eigenvalue weighted by molar-refractivity contribution is -0.113. The van der Waals surface area contributed by atoms with Crippen LogP contribution >= 0.6 is 15.9 Å². The molecule has 0 saturated carbocycles. The Balaban J connectivity index is 1.81. The highest BCUT2D eigenvalue weighted by molar-refractivity contribution is 9.10. The van der Waals surface area contributed by atoms with Gasteiger partial charge in [0.2, 0.25) is 0 Å². The van der Waals surface area contributed by atoms with E-state index in [1.54, 1.807) is 36.4 Å². The molecule has 29 heavy (non-hydrogen) atoms. The second kappa shape index (κ2) is 9.03. The van der Waals surface area contributed by atoms with Crippen LogP contribution < -0.4 is 10.6 Å². The molecule has 7 nitrogen and oxygen atoms in total.